The molecule has 2 aromatic carbocycles. The number of amides is 2. The van der Waals surface area contributed by atoms with Crippen LogP contribution in [0.3, 0.4) is 0 Å². The standard InChI is InChI=1S/C19H14Cl2F3N3OS/c1-11-10-27(16-4-2-13(3-5-16)19(22,23)24)18(29-11)26-17(28)25-9-12-6-14(20)8-15(21)7-12/h2-8,10H,9H2,1H3,(H,25,28). The molecule has 4 nitrogen and oxygen atoms in total. The quantitative estimate of drug-likeness (QED) is 0.514. The van der Waals surface area contributed by atoms with Gasteiger partial charge in [-0.05, 0) is 55.0 Å². The summed E-state index contributed by atoms with van der Waals surface area (Å²) in [5.74, 6) is 0. The van der Waals surface area contributed by atoms with Crippen molar-refractivity contribution in [1.29, 1.82) is 0 Å². The molecule has 0 aliphatic heterocycles. The number of urea groups is 1. The van der Waals surface area contributed by atoms with Gasteiger partial charge in [0.1, 0.15) is 0 Å². The summed E-state index contributed by atoms with van der Waals surface area (Å²) in [6.07, 6.45) is -2.71. The van der Waals surface area contributed by atoms with E-state index in [0.717, 1.165) is 17.0 Å². The lowest BCUT2D eigenvalue weighted by Crippen LogP contribution is -2.23. The van der Waals surface area contributed by atoms with Crippen LogP contribution in [0.1, 0.15) is 16.0 Å². The van der Waals surface area contributed by atoms with E-state index in [-0.39, 0.29) is 6.54 Å². The van der Waals surface area contributed by atoms with E-state index < -0.39 is 17.8 Å². The molecule has 152 valence electrons. The molecule has 0 saturated heterocycles. The fourth-order valence-corrected chi connectivity index (χ4v) is 3.95. The van der Waals surface area contributed by atoms with E-state index >= 15 is 0 Å². The van der Waals surface area contributed by atoms with Crippen molar-refractivity contribution in [3.05, 3.63) is 79.5 Å². The summed E-state index contributed by atoms with van der Waals surface area (Å²) in [5, 5.41) is 3.54. The molecule has 0 fully saturated rings. The summed E-state index contributed by atoms with van der Waals surface area (Å²) in [6.45, 7) is 1.99. The Hall–Kier alpha value is -2.29. The fourth-order valence-electron chi connectivity index (χ4n) is 2.55. The van der Waals surface area contributed by atoms with Crippen LogP contribution in [0.15, 0.2) is 53.7 Å². The van der Waals surface area contributed by atoms with Crippen LogP contribution in [-0.4, -0.2) is 10.6 Å². The van der Waals surface area contributed by atoms with Crippen LogP contribution in [0, 0.1) is 6.92 Å². The molecule has 0 atom stereocenters. The first-order valence-electron chi connectivity index (χ1n) is 8.26. The maximum atomic E-state index is 12.8. The minimum absolute atomic E-state index is 0.174. The molecule has 0 bridgehead atoms. The molecule has 2 amide bonds. The van der Waals surface area contributed by atoms with Gasteiger partial charge in [-0.15, -0.1) is 11.3 Å². The van der Waals surface area contributed by atoms with E-state index in [1.807, 2.05) is 6.92 Å². The summed E-state index contributed by atoms with van der Waals surface area (Å²) in [7, 11) is 0. The predicted molar refractivity (Wildman–Crippen MR) is 108 cm³/mol. The molecule has 0 spiro atoms. The Bertz CT molecular complexity index is 1080. The lowest BCUT2D eigenvalue weighted by atomic mass is 10.2. The molecule has 3 aromatic rings. The lowest BCUT2D eigenvalue weighted by molar-refractivity contribution is -0.137. The molecule has 0 saturated carbocycles. The number of rotatable bonds is 3. The molecule has 0 radical (unpaired) electrons. The molecule has 0 unspecified atom stereocenters. The predicted octanol–water partition coefficient (Wildman–Crippen LogP) is 5.98. The summed E-state index contributed by atoms with van der Waals surface area (Å²) < 4.78 is 39.8. The number of nitrogens with zero attached hydrogens (tertiary/aromatic N) is 2. The SMILES string of the molecule is Cc1cn(-c2ccc(C(F)(F)F)cc2)c(=NC(=O)NCc2cc(Cl)cc(Cl)c2)s1. The highest BCUT2D eigenvalue weighted by molar-refractivity contribution is 7.09. The van der Waals surface area contributed by atoms with E-state index in [2.05, 4.69) is 10.3 Å². The first-order valence-corrected chi connectivity index (χ1v) is 9.83. The summed E-state index contributed by atoms with van der Waals surface area (Å²) >= 11 is 13.1. The Kier molecular flexibility index (Phi) is 6.36. The second-order valence-electron chi connectivity index (χ2n) is 6.09. The number of aryl methyl sites for hydroxylation is 1. The number of nitrogens with one attached hydrogen (secondary N) is 1. The normalized spacial score (nSPS) is 12.3. The van der Waals surface area contributed by atoms with Crippen LogP contribution in [0.5, 0.6) is 0 Å². The van der Waals surface area contributed by atoms with Crippen molar-refractivity contribution in [2.75, 3.05) is 0 Å². The van der Waals surface area contributed by atoms with E-state index in [1.165, 1.54) is 23.5 Å². The number of carbonyl (C=O) groups is 1. The molecular weight excluding hydrogens is 446 g/mol. The van der Waals surface area contributed by atoms with E-state index in [4.69, 9.17) is 23.2 Å². The van der Waals surface area contributed by atoms with Gasteiger partial charge in [-0.25, -0.2) is 4.79 Å². The molecule has 10 heteroatoms. The number of aromatic nitrogens is 1. The third kappa shape index (κ3) is 5.62. The highest BCUT2D eigenvalue weighted by atomic mass is 35.5. The number of alkyl halides is 3. The smallest absolute Gasteiger partial charge is 0.332 e. The van der Waals surface area contributed by atoms with Gasteiger partial charge in [0, 0.05) is 33.4 Å². The Labute approximate surface area is 178 Å². The van der Waals surface area contributed by atoms with Crippen molar-refractivity contribution < 1.29 is 18.0 Å². The van der Waals surface area contributed by atoms with Gasteiger partial charge in [0.15, 0.2) is 4.80 Å². The number of halogens is 5. The molecule has 3 rings (SSSR count). The van der Waals surface area contributed by atoms with Gasteiger partial charge < -0.3 is 5.32 Å². The number of hydrogen-bond donors (Lipinski definition) is 1. The topological polar surface area (TPSA) is 46.4 Å². The second-order valence-corrected chi connectivity index (χ2v) is 8.17. The van der Waals surface area contributed by atoms with E-state index in [9.17, 15) is 18.0 Å². The highest BCUT2D eigenvalue weighted by Gasteiger charge is 2.30. The Balaban J connectivity index is 1.82. The zero-order valence-electron chi connectivity index (χ0n) is 14.9. The fraction of sp³-hybridized carbons (Fsp3) is 0.158. The van der Waals surface area contributed by atoms with Crippen molar-refractivity contribution in [2.45, 2.75) is 19.6 Å². The molecule has 0 aliphatic carbocycles. The largest absolute Gasteiger partial charge is 0.416 e. The zero-order valence-corrected chi connectivity index (χ0v) is 17.3. The van der Waals surface area contributed by atoms with Crippen molar-refractivity contribution in [3.8, 4) is 5.69 Å². The van der Waals surface area contributed by atoms with Crippen LogP contribution in [0.25, 0.3) is 5.69 Å². The van der Waals surface area contributed by atoms with Gasteiger partial charge in [0.2, 0.25) is 0 Å². The van der Waals surface area contributed by atoms with Crippen molar-refractivity contribution in [1.82, 2.24) is 9.88 Å². The first-order chi connectivity index (χ1) is 13.6. The minimum atomic E-state index is -4.41. The number of benzene rings is 2. The van der Waals surface area contributed by atoms with E-state index in [1.54, 1.807) is 29.0 Å². The highest BCUT2D eigenvalue weighted by Crippen LogP contribution is 2.29. The maximum Gasteiger partial charge on any atom is 0.416 e. The van der Waals surface area contributed by atoms with Crippen molar-refractivity contribution in [2.24, 2.45) is 4.99 Å². The second kappa shape index (κ2) is 8.61. The molecule has 1 heterocycles. The summed E-state index contributed by atoms with van der Waals surface area (Å²) in [4.78, 5) is 17.4. The van der Waals surface area contributed by atoms with Crippen LogP contribution >= 0.6 is 34.5 Å². The van der Waals surface area contributed by atoms with Crippen molar-refractivity contribution >= 4 is 40.6 Å². The average molecular weight is 460 g/mol. The third-order valence-corrected chi connectivity index (χ3v) is 5.14. The first kappa shape index (κ1) is 21.4. The lowest BCUT2D eigenvalue weighted by Gasteiger charge is -2.08. The summed E-state index contributed by atoms with van der Waals surface area (Å²) in [6, 6.07) is 8.98. The van der Waals surface area contributed by atoms with Crippen LogP contribution < -0.4 is 10.1 Å². The average Bonchev–Trinajstić information content (AvgIpc) is 2.99. The zero-order chi connectivity index (χ0) is 21.2. The molecule has 29 heavy (non-hydrogen) atoms. The van der Waals surface area contributed by atoms with Crippen LogP contribution in [0.2, 0.25) is 10.0 Å². The van der Waals surface area contributed by atoms with Gasteiger partial charge in [0.05, 0.1) is 5.56 Å². The molecule has 1 N–H and O–H groups in total. The number of thiazole rings is 1. The Morgan fingerprint density at radius 3 is 2.34 bits per heavy atom. The summed E-state index contributed by atoms with van der Waals surface area (Å²) in [5.41, 5.74) is 0.435. The monoisotopic (exact) mass is 459 g/mol. The molecule has 1 aromatic heterocycles. The number of carbonyl (C=O) groups excluding carboxylic acids is 1. The van der Waals surface area contributed by atoms with Gasteiger partial charge >= 0.3 is 12.2 Å². The van der Waals surface area contributed by atoms with Crippen LogP contribution in [-0.2, 0) is 12.7 Å². The maximum absolute atomic E-state index is 12.8. The van der Waals surface area contributed by atoms with Gasteiger partial charge in [-0.3, -0.25) is 4.57 Å². The Morgan fingerprint density at radius 2 is 1.76 bits per heavy atom. The van der Waals surface area contributed by atoms with Crippen molar-refractivity contribution in [3.63, 3.8) is 0 Å². The van der Waals surface area contributed by atoms with Crippen LogP contribution in [0.4, 0.5) is 18.0 Å². The van der Waals surface area contributed by atoms with Gasteiger partial charge in [-0.1, -0.05) is 23.2 Å². The molecule has 0 aliphatic rings. The Morgan fingerprint density at radius 1 is 1.14 bits per heavy atom. The van der Waals surface area contributed by atoms with E-state index in [0.29, 0.717) is 26.1 Å². The minimum Gasteiger partial charge on any atom is -0.332 e. The van der Waals surface area contributed by atoms with Gasteiger partial charge in [-0.2, -0.15) is 18.2 Å². The number of hydrogen-bond acceptors (Lipinski definition) is 2. The van der Waals surface area contributed by atoms with Gasteiger partial charge in [0.25, 0.3) is 0 Å². The molecular formula is C19H14Cl2F3N3OS. The third-order valence-electron chi connectivity index (χ3n) is 3.81.